The van der Waals surface area contributed by atoms with Gasteiger partial charge in [-0.2, -0.15) is 0 Å². The van der Waals surface area contributed by atoms with Crippen molar-refractivity contribution in [1.29, 1.82) is 0 Å². The number of benzene rings is 1. The zero-order valence-corrected chi connectivity index (χ0v) is 12.6. The minimum absolute atomic E-state index is 0.0186. The molecule has 1 aromatic rings. The molecule has 0 unspecified atom stereocenters. The first-order valence-electron chi connectivity index (χ1n) is 7.67. The number of aromatic carboxylic acids is 1. The zero-order valence-electron chi connectivity index (χ0n) is 12.6. The van der Waals surface area contributed by atoms with Crippen LogP contribution in [0.15, 0.2) is 24.3 Å². The lowest BCUT2D eigenvalue weighted by Gasteiger charge is -2.27. The van der Waals surface area contributed by atoms with E-state index in [2.05, 4.69) is 5.92 Å². The summed E-state index contributed by atoms with van der Waals surface area (Å²) in [7, 11) is 0. The van der Waals surface area contributed by atoms with E-state index < -0.39 is 5.97 Å². The summed E-state index contributed by atoms with van der Waals surface area (Å²) >= 11 is 0. The van der Waals surface area contributed by atoms with E-state index in [-0.39, 0.29) is 17.5 Å². The Morgan fingerprint density at radius 2 is 1.95 bits per heavy atom. The van der Waals surface area contributed by atoms with E-state index in [1.54, 1.807) is 29.2 Å². The fourth-order valence-corrected chi connectivity index (χ4v) is 3.07. The number of carbonyl (C=O) groups is 2. The Labute approximate surface area is 131 Å². The number of aryl methyl sites for hydroxylation is 1. The van der Waals surface area contributed by atoms with Crippen molar-refractivity contribution in [3.05, 3.63) is 35.4 Å². The minimum atomic E-state index is -0.959. The van der Waals surface area contributed by atoms with Crippen LogP contribution in [0.4, 0.5) is 0 Å². The van der Waals surface area contributed by atoms with E-state index in [9.17, 15) is 14.7 Å². The number of carboxylic acid groups (broad SMARTS) is 1. The molecule has 1 aromatic carbocycles. The summed E-state index contributed by atoms with van der Waals surface area (Å²) < 4.78 is 0. The second-order valence-electron chi connectivity index (χ2n) is 5.63. The molecule has 0 atom stereocenters. The number of carbonyl (C=O) groups excluding carboxylic acids is 1. The molecule has 1 saturated carbocycles. The first-order valence-corrected chi connectivity index (χ1v) is 7.67. The van der Waals surface area contributed by atoms with Crippen LogP contribution in [0.5, 0.6) is 0 Å². The lowest BCUT2D eigenvalue weighted by atomic mass is 10.0. The fourth-order valence-electron chi connectivity index (χ4n) is 3.07. The van der Waals surface area contributed by atoms with Gasteiger partial charge in [-0.1, -0.05) is 37.0 Å². The Hall–Kier alpha value is -2.28. The van der Waals surface area contributed by atoms with Crippen molar-refractivity contribution in [3.8, 4) is 12.3 Å². The van der Waals surface area contributed by atoms with Crippen LogP contribution in [0, 0.1) is 12.3 Å². The van der Waals surface area contributed by atoms with Crippen molar-refractivity contribution in [2.75, 3.05) is 6.54 Å². The molecule has 2 rings (SSSR count). The van der Waals surface area contributed by atoms with Crippen molar-refractivity contribution in [2.24, 2.45) is 0 Å². The molecule has 0 bridgehead atoms. The maximum Gasteiger partial charge on any atom is 0.335 e. The van der Waals surface area contributed by atoms with Gasteiger partial charge < -0.3 is 10.0 Å². The predicted molar refractivity (Wildman–Crippen MR) is 84.5 cm³/mol. The number of amides is 1. The summed E-state index contributed by atoms with van der Waals surface area (Å²) in [5, 5.41) is 9.18. The number of terminal acetylenes is 1. The maximum atomic E-state index is 12.5. The summed E-state index contributed by atoms with van der Waals surface area (Å²) in [6.45, 7) is 0.337. The molecule has 0 aromatic heterocycles. The van der Waals surface area contributed by atoms with E-state index in [4.69, 9.17) is 6.42 Å². The van der Waals surface area contributed by atoms with Crippen LogP contribution in [0.1, 0.15) is 48.0 Å². The Morgan fingerprint density at radius 1 is 1.27 bits per heavy atom. The van der Waals surface area contributed by atoms with Crippen LogP contribution in [0.2, 0.25) is 0 Å². The zero-order chi connectivity index (χ0) is 15.9. The molecule has 0 spiro atoms. The van der Waals surface area contributed by atoms with E-state index >= 15 is 0 Å². The second-order valence-corrected chi connectivity index (χ2v) is 5.63. The third-order valence-electron chi connectivity index (χ3n) is 4.20. The maximum absolute atomic E-state index is 12.5. The molecule has 22 heavy (non-hydrogen) atoms. The van der Waals surface area contributed by atoms with Crippen LogP contribution in [0.3, 0.4) is 0 Å². The van der Waals surface area contributed by atoms with Crippen molar-refractivity contribution in [2.45, 2.75) is 44.6 Å². The third kappa shape index (κ3) is 3.88. The number of rotatable bonds is 6. The lowest BCUT2D eigenvalue weighted by molar-refractivity contribution is -0.132. The van der Waals surface area contributed by atoms with Gasteiger partial charge in [0.1, 0.15) is 0 Å². The summed E-state index contributed by atoms with van der Waals surface area (Å²) in [6.07, 6.45) is 10.4. The van der Waals surface area contributed by atoms with Gasteiger partial charge in [0.05, 0.1) is 12.1 Å². The molecule has 0 radical (unpaired) electrons. The molecular weight excluding hydrogens is 278 g/mol. The molecule has 1 aliphatic carbocycles. The average Bonchev–Trinajstić information content (AvgIpc) is 3.04. The monoisotopic (exact) mass is 299 g/mol. The molecule has 0 heterocycles. The van der Waals surface area contributed by atoms with Gasteiger partial charge >= 0.3 is 5.97 Å². The highest BCUT2D eigenvalue weighted by Crippen LogP contribution is 2.24. The fraction of sp³-hybridized carbons (Fsp3) is 0.444. The average molecular weight is 299 g/mol. The standard InChI is InChI=1S/C18H21NO3/c1-2-13-19(15-8-4-5-9-15)17(20)12-11-14-7-3-6-10-16(14)18(21)22/h1,3,6-7,10,15H,4-5,8-9,11-13H2,(H,21,22). The van der Waals surface area contributed by atoms with E-state index in [1.807, 2.05) is 0 Å². The van der Waals surface area contributed by atoms with E-state index in [0.717, 1.165) is 25.7 Å². The largest absolute Gasteiger partial charge is 0.478 e. The van der Waals surface area contributed by atoms with Crippen LogP contribution in [-0.4, -0.2) is 34.5 Å². The lowest BCUT2D eigenvalue weighted by Crippen LogP contribution is -2.39. The Kier molecular flexibility index (Phi) is 5.60. The van der Waals surface area contributed by atoms with Crippen molar-refractivity contribution < 1.29 is 14.7 Å². The highest BCUT2D eigenvalue weighted by molar-refractivity contribution is 5.89. The number of hydrogen-bond acceptors (Lipinski definition) is 2. The summed E-state index contributed by atoms with van der Waals surface area (Å²) in [6, 6.07) is 7.06. The predicted octanol–water partition coefficient (Wildman–Crippen LogP) is 2.72. The van der Waals surface area contributed by atoms with Crippen molar-refractivity contribution >= 4 is 11.9 Å². The molecule has 116 valence electrons. The molecule has 1 amide bonds. The van der Waals surface area contributed by atoms with Gasteiger partial charge in [0, 0.05) is 12.5 Å². The summed E-state index contributed by atoms with van der Waals surface area (Å²) in [4.78, 5) is 25.4. The molecule has 0 aliphatic heterocycles. The van der Waals surface area contributed by atoms with Gasteiger partial charge in [-0.3, -0.25) is 4.79 Å². The number of carboxylic acids is 1. The molecule has 4 nitrogen and oxygen atoms in total. The second kappa shape index (κ2) is 7.65. The number of hydrogen-bond donors (Lipinski definition) is 1. The van der Waals surface area contributed by atoms with Gasteiger partial charge in [0.25, 0.3) is 0 Å². The Balaban J connectivity index is 2.02. The Bertz CT molecular complexity index is 582. The normalized spacial score (nSPS) is 14.5. The molecular formula is C18H21NO3. The summed E-state index contributed by atoms with van der Waals surface area (Å²) in [5.74, 6) is 1.62. The topological polar surface area (TPSA) is 57.6 Å². The molecule has 1 fully saturated rings. The first-order chi connectivity index (χ1) is 10.6. The van der Waals surface area contributed by atoms with Crippen molar-refractivity contribution in [1.82, 2.24) is 4.90 Å². The van der Waals surface area contributed by atoms with Gasteiger partial charge in [0.15, 0.2) is 0 Å². The third-order valence-corrected chi connectivity index (χ3v) is 4.20. The van der Waals surface area contributed by atoms with Gasteiger partial charge in [-0.15, -0.1) is 6.42 Å². The molecule has 0 saturated heterocycles. The van der Waals surface area contributed by atoms with Crippen LogP contribution < -0.4 is 0 Å². The van der Waals surface area contributed by atoms with Gasteiger partial charge in [-0.25, -0.2) is 4.79 Å². The van der Waals surface area contributed by atoms with Crippen LogP contribution >= 0.6 is 0 Å². The highest BCUT2D eigenvalue weighted by atomic mass is 16.4. The molecule has 1 N–H and O–H groups in total. The van der Waals surface area contributed by atoms with Gasteiger partial charge in [0.2, 0.25) is 5.91 Å². The minimum Gasteiger partial charge on any atom is -0.478 e. The Morgan fingerprint density at radius 3 is 2.59 bits per heavy atom. The number of nitrogens with zero attached hydrogens (tertiary/aromatic N) is 1. The van der Waals surface area contributed by atoms with Gasteiger partial charge in [-0.05, 0) is 30.9 Å². The SMILES string of the molecule is C#CCN(C(=O)CCc1ccccc1C(=O)O)C1CCCC1. The molecule has 1 aliphatic rings. The van der Waals surface area contributed by atoms with Crippen LogP contribution in [0.25, 0.3) is 0 Å². The van der Waals surface area contributed by atoms with Crippen molar-refractivity contribution in [3.63, 3.8) is 0 Å². The highest BCUT2D eigenvalue weighted by Gasteiger charge is 2.25. The summed E-state index contributed by atoms with van der Waals surface area (Å²) in [5.41, 5.74) is 0.954. The van der Waals surface area contributed by atoms with E-state index in [1.165, 1.54) is 0 Å². The quantitative estimate of drug-likeness (QED) is 0.822. The van der Waals surface area contributed by atoms with E-state index in [0.29, 0.717) is 24.9 Å². The first kappa shape index (κ1) is 16.1. The van der Waals surface area contributed by atoms with Crippen LogP contribution in [-0.2, 0) is 11.2 Å². The smallest absolute Gasteiger partial charge is 0.335 e. The molecule has 4 heteroatoms.